The van der Waals surface area contributed by atoms with Crippen molar-refractivity contribution >= 4 is 11.6 Å². The molecule has 2 heterocycles. The summed E-state index contributed by atoms with van der Waals surface area (Å²) < 4.78 is 5.17. The van der Waals surface area contributed by atoms with Crippen LogP contribution in [-0.4, -0.2) is 53.6 Å². The lowest BCUT2D eigenvalue weighted by molar-refractivity contribution is -0.135. The second-order valence-electron chi connectivity index (χ2n) is 7.02. The standard InChI is InChI=1S/C19H26N4O2/c1-15-12-17(21-25-15)13-23-11-7-10-19(14-23,18(24)22(2)3)20-16-8-5-4-6-9-16/h4-6,8-9,12,20H,7,10-11,13-14H2,1-3H3. The fourth-order valence-electron chi connectivity index (χ4n) is 3.56. The van der Waals surface area contributed by atoms with Crippen LogP contribution in [0.25, 0.3) is 0 Å². The van der Waals surface area contributed by atoms with E-state index in [1.807, 2.05) is 57.4 Å². The summed E-state index contributed by atoms with van der Waals surface area (Å²) in [6.07, 6.45) is 1.77. The third-order valence-corrected chi connectivity index (χ3v) is 4.61. The highest BCUT2D eigenvalue weighted by Gasteiger charge is 2.43. The normalized spacial score (nSPS) is 21.1. The van der Waals surface area contributed by atoms with Crippen molar-refractivity contribution in [3.8, 4) is 0 Å². The van der Waals surface area contributed by atoms with Crippen molar-refractivity contribution in [3.05, 3.63) is 47.9 Å². The molecule has 1 amide bonds. The largest absolute Gasteiger partial charge is 0.370 e. The number of aryl methyl sites for hydroxylation is 1. The van der Waals surface area contributed by atoms with Crippen LogP contribution < -0.4 is 5.32 Å². The number of carbonyl (C=O) groups excluding carboxylic acids is 1. The third-order valence-electron chi connectivity index (χ3n) is 4.61. The maximum absolute atomic E-state index is 13.0. The molecule has 6 nitrogen and oxygen atoms in total. The molecule has 0 radical (unpaired) electrons. The molecule has 1 atom stereocenters. The minimum Gasteiger partial charge on any atom is -0.370 e. The van der Waals surface area contributed by atoms with Crippen LogP contribution >= 0.6 is 0 Å². The number of rotatable bonds is 5. The minimum atomic E-state index is -0.623. The number of amides is 1. The first-order valence-corrected chi connectivity index (χ1v) is 8.68. The maximum atomic E-state index is 13.0. The second kappa shape index (κ2) is 7.27. The molecule has 3 rings (SSSR count). The van der Waals surface area contributed by atoms with Gasteiger partial charge in [-0.05, 0) is 38.4 Å². The highest BCUT2D eigenvalue weighted by Crippen LogP contribution is 2.28. The van der Waals surface area contributed by atoms with Gasteiger partial charge in [0.1, 0.15) is 11.3 Å². The first-order valence-electron chi connectivity index (χ1n) is 8.68. The summed E-state index contributed by atoms with van der Waals surface area (Å²) in [7, 11) is 3.63. The average Bonchev–Trinajstić information content (AvgIpc) is 3.00. The SMILES string of the molecule is Cc1cc(CN2CCCC(Nc3ccccc3)(C(=O)N(C)C)C2)no1. The third kappa shape index (κ3) is 4.02. The number of anilines is 1. The van der Waals surface area contributed by atoms with Crippen LogP contribution in [0.5, 0.6) is 0 Å². The number of likely N-dealkylation sites (N-methyl/N-ethyl adjacent to an activating group) is 1. The van der Waals surface area contributed by atoms with Gasteiger partial charge in [0.25, 0.3) is 0 Å². The van der Waals surface area contributed by atoms with Crippen molar-refractivity contribution in [3.63, 3.8) is 0 Å². The number of hydrogen-bond acceptors (Lipinski definition) is 5. The monoisotopic (exact) mass is 342 g/mol. The van der Waals surface area contributed by atoms with E-state index in [4.69, 9.17) is 4.52 Å². The summed E-state index contributed by atoms with van der Waals surface area (Å²) in [5.41, 5.74) is 1.25. The van der Waals surface area contributed by atoms with Crippen LogP contribution in [0.4, 0.5) is 5.69 Å². The fraction of sp³-hybridized carbons (Fsp3) is 0.474. The van der Waals surface area contributed by atoms with Gasteiger partial charge in [0.15, 0.2) is 0 Å². The topological polar surface area (TPSA) is 61.6 Å². The molecule has 1 aliphatic heterocycles. The lowest BCUT2D eigenvalue weighted by Gasteiger charge is -2.43. The molecule has 6 heteroatoms. The lowest BCUT2D eigenvalue weighted by Crippen LogP contribution is -2.61. The van der Waals surface area contributed by atoms with Gasteiger partial charge in [-0.3, -0.25) is 9.69 Å². The van der Waals surface area contributed by atoms with Crippen molar-refractivity contribution in [2.24, 2.45) is 0 Å². The van der Waals surface area contributed by atoms with Gasteiger partial charge < -0.3 is 14.7 Å². The molecule has 0 bridgehead atoms. The van der Waals surface area contributed by atoms with E-state index in [1.54, 1.807) is 4.90 Å². The van der Waals surface area contributed by atoms with Gasteiger partial charge in [-0.15, -0.1) is 0 Å². The van der Waals surface area contributed by atoms with Gasteiger partial charge in [0.2, 0.25) is 5.91 Å². The van der Waals surface area contributed by atoms with Gasteiger partial charge in [-0.25, -0.2) is 0 Å². The first-order chi connectivity index (χ1) is 12.0. The Morgan fingerprint density at radius 2 is 2.12 bits per heavy atom. The van der Waals surface area contributed by atoms with Crippen LogP contribution in [0.3, 0.4) is 0 Å². The zero-order valence-corrected chi connectivity index (χ0v) is 15.2. The molecule has 0 saturated carbocycles. The predicted octanol–water partition coefficient (Wildman–Crippen LogP) is 2.52. The molecule has 1 aliphatic rings. The van der Waals surface area contributed by atoms with Gasteiger partial charge in [0, 0.05) is 38.9 Å². The number of nitrogens with zero attached hydrogens (tertiary/aromatic N) is 3. The number of likely N-dealkylation sites (tertiary alicyclic amines) is 1. The molecule has 1 aromatic carbocycles. The van der Waals surface area contributed by atoms with Crippen molar-refractivity contribution in [1.29, 1.82) is 0 Å². The van der Waals surface area contributed by atoms with Crippen LogP contribution in [-0.2, 0) is 11.3 Å². The van der Waals surface area contributed by atoms with E-state index in [9.17, 15) is 4.79 Å². The molecular formula is C19H26N4O2. The summed E-state index contributed by atoms with van der Waals surface area (Å²) >= 11 is 0. The van der Waals surface area contributed by atoms with E-state index in [2.05, 4.69) is 15.4 Å². The molecular weight excluding hydrogens is 316 g/mol. The van der Waals surface area contributed by atoms with Crippen LogP contribution in [0.15, 0.2) is 40.9 Å². The van der Waals surface area contributed by atoms with E-state index >= 15 is 0 Å². The maximum Gasteiger partial charge on any atom is 0.249 e. The average molecular weight is 342 g/mol. The molecule has 2 aromatic rings. The molecule has 1 aromatic heterocycles. The molecule has 1 fully saturated rings. The van der Waals surface area contributed by atoms with Crippen LogP contribution in [0, 0.1) is 6.92 Å². The number of nitrogens with one attached hydrogen (secondary N) is 1. The summed E-state index contributed by atoms with van der Waals surface area (Å²) in [4.78, 5) is 17.0. The molecule has 1 unspecified atom stereocenters. The van der Waals surface area contributed by atoms with Crippen LogP contribution in [0.1, 0.15) is 24.3 Å². The van der Waals surface area contributed by atoms with Gasteiger partial charge in [-0.1, -0.05) is 23.4 Å². The first kappa shape index (κ1) is 17.5. The Morgan fingerprint density at radius 3 is 2.76 bits per heavy atom. The summed E-state index contributed by atoms with van der Waals surface area (Å²) in [5, 5.41) is 7.61. The Morgan fingerprint density at radius 1 is 1.36 bits per heavy atom. The van der Waals surface area contributed by atoms with E-state index in [0.717, 1.165) is 36.5 Å². The zero-order chi connectivity index (χ0) is 17.9. The molecule has 25 heavy (non-hydrogen) atoms. The number of aromatic nitrogens is 1. The highest BCUT2D eigenvalue weighted by atomic mass is 16.5. The van der Waals surface area contributed by atoms with E-state index < -0.39 is 5.54 Å². The quantitative estimate of drug-likeness (QED) is 0.905. The number of piperidine rings is 1. The molecule has 0 spiro atoms. The molecule has 0 aliphatic carbocycles. The summed E-state index contributed by atoms with van der Waals surface area (Å²) in [6.45, 7) is 4.18. The lowest BCUT2D eigenvalue weighted by atomic mass is 9.87. The van der Waals surface area contributed by atoms with E-state index in [0.29, 0.717) is 13.1 Å². The summed E-state index contributed by atoms with van der Waals surface area (Å²) in [6, 6.07) is 11.9. The van der Waals surface area contributed by atoms with Crippen molar-refractivity contribution in [1.82, 2.24) is 15.0 Å². The predicted molar refractivity (Wildman–Crippen MR) is 97.2 cm³/mol. The Labute approximate surface area is 148 Å². The van der Waals surface area contributed by atoms with Gasteiger partial charge in [0.05, 0.1) is 5.69 Å². The fourth-order valence-corrected chi connectivity index (χ4v) is 3.56. The van der Waals surface area contributed by atoms with Gasteiger partial charge in [-0.2, -0.15) is 0 Å². The smallest absolute Gasteiger partial charge is 0.249 e. The van der Waals surface area contributed by atoms with E-state index in [1.165, 1.54) is 0 Å². The summed E-state index contributed by atoms with van der Waals surface area (Å²) in [5.74, 6) is 0.919. The van der Waals surface area contributed by atoms with Crippen molar-refractivity contribution in [2.75, 3.05) is 32.5 Å². The zero-order valence-electron chi connectivity index (χ0n) is 15.2. The van der Waals surface area contributed by atoms with Gasteiger partial charge >= 0.3 is 0 Å². The molecule has 1 N–H and O–H groups in total. The Kier molecular flexibility index (Phi) is 5.08. The Hall–Kier alpha value is -2.34. The van der Waals surface area contributed by atoms with Crippen molar-refractivity contribution < 1.29 is 9.32 Å². The van der Waals surface area contributed by atoms with Crippen molar-refractivity contribution in [2.45, 2.75) is 31.8 Å². The number of hydrogen-bond donors (Lipinski definition) is 1. The number of para-hydroxylation sites is 1. The van der Waals surface area contributed by atoms with E-state index in [-0.39, 0.29) is 5.91 Å². The van der Waals surface area contributed by atoms with Crippen LogP contribution in [0.2, 0.25) is 0 Å². The molecule has 1 saturated heterocycles. The number of carbonyl (C=O) groups is 1. The second-order valence-corrected chi connectivity index (χ2v) is 7.02. The molecule has 134 valence electrons. The number of benzene rings is 1. The minimum absolute atomic E-state index is 0.109. The Balaban J connectivity index is 1.81. The highest BCUT2D eigenvalue weighted by molar-refractivity contribution is 5.89. The Bertz CT molecular complexity index is 713.